The standard InChI is InChI=1S/C18H22N2O3S/c1-2-23-17(21)11-20(18(22)13-6-4-3-5-7-13)14-8-9-15-16(10-14)24-12-19-15/h8-10,12-13H,2-7,11H2,1H3. The molecule has 1 aromatic carbocycles. The Labute approximate surface area is 145 Å². The predicted octanol–water partition coefficient (Wildman–Crippen LogP) is 3.77. The zero-order chi connectivity index (χ0) is 16.9. The minimum atomic E-state index is -0.369. The van der Waals surface area contributed by atoms with E-state index in [4.69, 9.17) is 4.74 Å². The first kappa shape index (κ1) is 16.9. The molecule has 1 heterocycles. The van der Waals surface area contributed by atoms with E-state index in [0.29, 0.717) is 6.61 Å². The fourth-order valence-electron chi connectivity index (χ4n) is 3.21. The third-order valence-corrected chi connectivity index (χ3v) is 5.23. The van der Waals surface area contributed by atoms with Crippen LogP contribution in [0.5, 0.6) is 0 Å². The van der Waals surface area contributed by atoms with E-state index in [2.05, 4.69) is 4.98 Å². The second kappa shape index (κ2) is 7.75. The van der Waals surface area contributed by atoms with E-state index in [-0.39, 0.29) is 24.3 Å². The van der Waals surface area contributed by atoms with Gasteiger partial charge in [0.1, 0.15) is 6.54 Å². The number of esters is 1. The molecule has 0 bridgehead atoms. The molecule has 1 amide bonds. The molecule has 0 radical (unpaired) electrons. The summed E-state index contributed by atoms with van der Waals surface area (Å²) in [7, 11) is 0. The Kier molecular flexibility index (Phi) is 5.45. The summed E-state index contributed by atoms with van der Waals surface area (Å²) in [5, 5.41) is 0. The zero-order valence-electron chi connectivity index (χ0n) is 13.9. The Morgan fingerprint density at radius 1 is 1.29 bits per heavy atom. The molecule has 0 spiro atoms. The number of benzene rings is 1. The largest absolute Gasteiger partial charge is 0.465 e. The van der Waals surface area contributed by atoms with Crippen LogP contribution < -0.4 is 4.90 Å². The molecule has 24 heavy (non-hydrogen) atoms. The van der Waals surface area contributed by atoms with E-state index in [1.54, 1.807) is 17.3 Å². The smallest absolute Gasteiger partial charge is 0.326 e. The first-order chi connectivity index (χ1) is 11.7. The van der Waals surface area contributed by atoms with Crippen LogP contribution in [0.2, 0.25) is 0 Å². The normalized spacial score (nSPS) is 15.4. The van der Waals surface area contributed by atoms with Crippen molar-refractivity contribution in [3.63, 3.8) is 0 Å². The molecular weight excluding hydrogens is 324 g/mol. The molecule has 0 N–H and O–H groups in total. The quantitative estimate of drug-likeness (QED) is 0.773. The van der Waals surface area contributed by atoms with Gasteiger partial charge in [-0.05, 0) is 38.0 Å². The van der Waals surface area contributed by atoms with Crippen LogP contribution >= 0.6 is 11.3 Å². The van der Waals surface area contributed by atoms with E-state index >= 15 is 0 Å². The fourth-order valence-corrected chi connectivity index (χ4v) is 3.92. The fraction of sp³-hybridized carbons (Fsp3) is 0.500. The Bertz CT molecular complexity index is 722. The lowest BCUT2D eigenvalue weighted by Crippen LogP contribution is -2.41. The number of amides is 1. The molecule has 128 valence electrons. The molecule has 1 saturated carbocycles. The van der Waals surface area contributed by atoms with E-state index in [1.807, 2.05) is 18.2 Å². The molecule has 5 nitrogen and oxygen atoms in total. The summed E-state index contributed by atoms with van der Waals surface area (Å²) in [4.78, 5) is 30.9. The summed E-state index contributed by atoms with van der Waals surface area (Å²) < 4.78 is 6.07. The van der Waals surface area contributed by atoms with Gasteiger partial charge in [-0.1, -0.05) is 19.3 Å². The summed E-state index contributed by atoms with van der Waals surface area (Å²) >= 11 is 1.53. The highest BCUT2D eigenvalue weighted by atomic mass is 32.1. The summed E-state index contributed by atoms with van der Waals surface area (Å²) in [5.74, 6) is -0.331. The maximum atomic E-state index is 13.0. The van der Waals surface area contributed by atoms with Gasteiger partial charge in [-0.15, -0.1) is 11.3 Å². The van der Waals surface area contributed by atoms with Crippen molar-refractivity contribution in [1.82, 2.24) is 4.98 Å². The third-order valence-electron chi connectivity index (χ3n) is 4.44. The van der Waals surface area contributed by atoms with Crippen LogP contribution in [-0.2, 0) is 14.3 Å². The maximum Gasteiger partial charge on any atom is 0.326 e. The number of carbonyl (C=O) groups excluding carboxylic acids is 2. The van der Waals surface area contributed by atoms with Gasteiger partial charge in [-0.3, -0.25) is 9.59 Å². The highest BCUT2D eigenvalue weighted by molar-refractivity contribution is 7.16. The number of thiazole rings is 1. The lowest BCUT2D eigenvalue weighted by molar-refractivity contribution is -0.142. The molecule has 1 aliphatic carbocycles. The zero-order valence-corrected chi connectivity index (χ0v) is 14.7. The van der Waals surface area contributed by atoms with Gasteiger partial charge in [0.2, 0.25) is 5.91 Å². The van der Waals surface area contributed by atoms with Crippen LogP contribution in [0.3, 0.4) is 0 Å². The van der Waals surface area contributed by atoms with Gasteiger partial charge in [-0.2, -0.15) is 0 Å². The highest BCUT2D eigenvalue weighted by Gasteiger charge is 2.28. The van der Waals surface area contributed by atoms with Crippen LogP contribution in [0, 0.1) is 5.92 Å². The van der Waals surface area contributed by atoms with Crippen molar-refractivity contribution >= 4 is 39.1 Å². The van der Waals surface area contributed by atoms with Crippen molar-refractivity contribution in [2.24, 2.45) is 5.92 Å². The molecule has 1 aromatic heterocycles. The minimum Gasteiger partial charge on any atom is -0.465 e. The van der Waals surface area contributed by atoms with Crippen LogP contribution in [0.1, 0.15) is 39.0 Å². The molecule has 0 saturated heterocycles. The van der Waals surface area contributed by atoms with Gasteiger partial charge in [0.15, 0.2) is 0 Å². The molecular formula is C18H22N2O3S. The van der Waals surface area contributed by atoms with Crippen LogP contribution in [0.4, 0.5) is 5.69 Å². The first-order valence-corrected chi connectivity index (χ1v) is 9.37. The lowest BCUT2D eigenvalue weighted by atomic mass is 9.88. The number of anilines is 1. The number of nitrogens with zero attached hydrogens (tertiary/aromatic N) is 2. The average Bonchev–Trinajstić information content (AvgIpc) is 3.08. The van der Waals surface area contributed by atoms with Gasteiger partial charge in [0.25, 0.3) is 0 Å². The number of fused-ring (bicyclic) bond motifs is 1. The molecule has 1 aliphatic rings. The topological polar surface area (TPSA) is 59.5 Å². The molecule has 0 aliphatic heterocycles. The number of hydrogen-bond donors (Lipinski definition) is 0. The molecule has 2 aromatic rings. The predicted molar refractivity (Wildman–Crippen MR) is 95.2 cm³/mol. The number of ether oxygens (including phenoxy) is 1. The molecule has 1 fully saturated rings. The van der Waals surface area contributed by atoms with E-state index in [1.165, 1.54) is 17.8 Å². The summed E-state index contributed by atoms with van der Waals surface area (Å²) in [6.07, 6.45) is 5.16. The van der Waals surface area contributed by atoms with Crippen LogP contribution in [-0.4, -0.2) is 30.0 Å². The Balaban J connectivity index is 1.87. The third kappa shape index (κ3) is 3.75. The van der Waals surface area contributed by atoms with Gasteiger partial charge < -0.3 is 9.64 Å². The molecule has 0 unspecified atom stereocenters. The van der Waals surface area contributed by atoms with Gasteiger partial charge in [0.05, 0.1) is 22.3 Å². The van der Waals surface area contributed by atoms with E-state index < -0.39 is 0 Å². The Hall–Kier alpha value is -1.95. The van der Waals surface area contributed by atoms with Gasteiger partial charge in [-0.25, -0.2) is 4.98 Å². The van der Waals surface area contributed by atoms with Crippen LogP contribution in [0.15, 0.2) is 23.7 Å². The van der Waals surface area contributed by atoms with Crippen molar-refractivity contribution in [2.75, 3.05) is 18.1 Å². The van der Waals surface area contributed by atoms with E-state index in [9.17, 15) is 9.59 Å². The second-order valence-electron chi connectivity index (χ2n) is 6.07. The van der Waals surface area contributed by atoms with Crippen LogP contribution in [0.25, 0.3) is 10.2 Å². The molecule has 3 rings (SSSR count). The Morgan fingerprint density at radius 2 is 2.08 bits per heavy atom. The van der Waals surface area contributed by atoms with E-state index in [0.717, 1.165) is 41.6 Å². The summed E-state index contributed by atoms with van der Waals surface area (Å²) in [6.45, 7) is 2.06. The maximum absolute atomic E-state index is 13.0. The number of hydrogen-bond acceptors (Lipinski definition) is 5. The lowest BCUT2D eigenvalue weighted by Gasteiger charge is -2.28. The highest BCUT2D eigenvalue weighted by Crippen LogP contribution is 2.30. The summed E-state index contributed by atoms with van der Waals surface area (Å²) in [5.41, 5.74) is 3.44. The second-order valence-corrected chi connectivity index (χ2v) is 6.96. The van der Waals surface area contributed by atoms with Gasteiger partial charge >= 0.3 is 5.97 Å². The number of carbonyl (C=O) groups is 2. The Morgan fingerprint density at radius 3 is 2.83 bits per heavy atom. The number of rotatable bonds is 5. The van der Waals surface area contributed by atoms with Crippen molar-refractivity contribution in [3.8, 4) is 0 Å². The SMILES string of the molecule is CCOC(=O)CN(C(=O)C1CCCCC1)c1ccc2ncsc2c1. The average molecular weight is 346 g/mol. The monoisotopic (exact) mass is 346 g/mol. The van der Waals surface area contributed by atoms with Gasteiger partial charge in [0, 0.05) is 11.6 Å². The van der Waals surface area contributed by atoms with Crippen molar-refractivity contribution in [3.05, 3.63) is 23.7 Å². The van der Waals surface area contributed by atoms with Crippen molar-refractivity contribution < 1.29 is 14.3 Å². The summed E-state index contributed by atoms with van der Waals surface area (Å²) in [6, 6.07) is 5.70. The first-order valence-electron chi connectivity index (χ1n) is 8.49. The van der Waals surface area contributed by atoms with Crippen molar-refractivity contribution in [1.29, 1.82) is 0 Å². The van der Waals surface area contributed by atoms with Crippen molar-refractivity contribution in [2.45, 2.75) is 39.0 Å². The molecule has 6 heteroatoms. The minimum absolute atomic E-state index is 0.00494. The number of aromatic nitrogens is 1. The molecule has 0 atom stereocenters.